The molecular formula is C17H16FNO2. The van der Waals surface area contributed by atoms with Crippen LogP contribution < -0.4 is 5.32 Å². The Morgan fingerprint density at radius 1 is 1.05 bits per heavy atom. The van der Waals surface area contributed by atoms with E-state index >= 15 is 0 Å². The molecule has 108 valence electrons. The number of hydrogen-bond acceptors (Lipinski definition) is 2. The lowest BCUT2D eigenvalue weighted by atomic mass is 10.1. The zero-order valence-electron chi connectivity index (χ0n) is 11.4. The number of amides is 1. The fourth-order valence-corrected chi connectivity index (χ4v) is 1.76. The Kier molecular flexibility index (Phi) is 5.23. The van der Waals surface area contributed by atoms with Crippen molar-refractivity contribution >= 4 is 12.0 Å². The largest absolute Gasteiger partial charge is 0.392 e. The van der Waals surface area contributed by atoms with E-state index in [1.54, 1.807) is 18.2 Å². The van der Waals surface area contributed by atoms with Crippen molar-refractivity contribution in [2.45, 2.75) is 13.2 Å². The third-order valence-electron chi connectivity index (χ3n) is 2.97. The molecule has 21 heavy (non-hydrogen) atoms. The lowest BCUT2D eigenvalue weighted by Gasteiger charge is -2.03. The van der Waals surface area contributed by atoms with Gasteiger partial charge in [-0.25, -0.2) is 4.39 Å². The van der Waals surface area contributed by atoms with Crippen LogP contribution >= 0.6 is 0 Å². The first-order valence-electron chi connectivity index (χ1n) is 6.57. The molecule has 0 aromatic heterocycles. The molecule has 2 aromatic carbocycles. The summed E-state index contributed by atoms with van der Waals surface area (Å²) in [5.74, 6) is -0.520. The van der Waals surface area contributed by atoms with E-state index in [9.17, 15) is 9.18 Å². The summed E-state index contributed by atoms with van der Waals surface area (Å²) in [6, 6.07) is 13.2. The van der Waals surface area contributed by atoms with E-state index in [1.165, 1.54) is 18.2 Å². The van der Waals surface area contributed by atoms with Crippen molar-refractivity contribution in [3.63, 3.8) is 0 Å². The molecule has 0 radical (unpaired) electrons. The van der Waals surface area contributed by atoms with Gasteiger partial charge in [-0.3, -0.25) is 4.79 Å². The SMILES string of the molecule is O=C(/C=C/c1ccc(F)cc1)NCc1ccc(CO)cc1. The number of nitrogens with one attached hydrogen (secondary N) is 1. The zero-order valence-corrected chi connectivity index (χ0v) is 11.4. The molecule has 0 unspecified atom stereocenters. The molecule has 0 heterocycles. The molecule has 0 aliphatic carbocycles. The van der Waals surface area contributed by atoms with Gasteiger partial charge in [0.05, 0.1) is 6.61 Å². The summed E-state index contributed by atoms with van der Waals surface area (Å²) in [5, 5.41) is 11.7. The molecule has 0 bridgehead atoms. The highest BCUT2D eigenvalue weighted by Gasteiger charge is 1.98. The van der Waals surface area contributed by atoms with Gasteiger partial charge in [0, 0.05) is 12.6 Å². The minimum atomic E-state index is -0.303. The average Bonchev–Trinajstić information content (AvgIpc) is 2.53. The molecule has 0 atom stereocenters. The maximum atomic E-state index is 12.7. The van der Waals surface area contributed by atoms with Gasteiger partial charge in [-0.1, -0.05) is 36.4 Å². The van der Waals surface area contributed by atoms with Crippen LogP contribution in [0.4, 0.5) is 4.39 Å². The fourth-order valence-electron chi connectivity index (χ4n) is 1.76. The van der Waals surface area contributed by atoms with Gasteiger partial charge in [-0.15, -0.1) is 0 Å². The maximum Gasteiger partial charge on any atom is 0.244 e. The summed E-state index contributed by atoms with van der Waals surface area (Å²) < 4.78 is 12.7. The normalized spacial score (nSPS) is 10.8. The molecule has 2 aromatic rings. The molecule has 0 fully saturated rings. The Morgan fingerprint density at radius 2 is 1.67 bits per heavy atom. The summed E-state index contributed by atoms with van der Waals surface area (Å²) in [4.78, 5) is 11.7. The molecular weight excluding hydrogens is 269 g/mol. The van der Waals surface area contributed by atoms with Crippen LogP contribution in [0.1, 0.15) is 16.7 Å². The number of aliphatic hydroxyl groups is 1. The summed E-state index contributed by atoms with van der Waals surface area (Å²) in [5.41, 5.74) is 2.55. The zero-order chi connectivity index (χ0) is 15.1. The van der Waals surface area contributed by atoms with E-state index < -0.39 is 0 Å². The van der Waals surface area contributed by atoms with Gasteiger partial charge in [-0.05, 0) is 34.9 Å². The van der Waals surface area contributed by atoms with Crippen LogP contribution in [0.15, 0.2) is 54.6 Å². The van der Waals surface area contributed by atoms with Gasteiger partial charge in [-0.2, -0.15) is 0 Å². The maximum absolute atomic E-state index is 12.7. The highest BCUT2D eigenvalue weighted by Crippen LogP contribution is 2.05. The molecule has 0 aliphatic heterocycles. The topological polar surface area (TPSA) is 49.3 Å². The Labute approximate surface area is 122 Å². The van der Waals surface area contributed by atoms with Gasteiger partial charge >= 0.3 is 0 Å². The molecule has 2 rings (SSSR count). The van der Waals surface area contributed by atoms with Crippen LogP contribution in [-0.2, 0) is 17.9 Å². The number of aliphatic hydroxyl groups excluding tert-OH is 1. The van der Waals surface area contributed by atoms with Crippen molar-refractivity contribution in [1.82, 2.24) is 5.32 Å². The second kappa shape index (κ2) is 7.36. The lowest BCUT2D eigenvalue weighted by Crippen LogP contribution is -2.20. The fraction of sp³-hybridized carbons (Fsp3) is 0.118. The van der Waals surface area contributed by atoms with Crippen molar-refractivity contribution in [3.05, 3.63) is 77.1 Å². The third-order valence-corrected chi connectivity index (χ3v) is 2.97. The van der Waals surface area contributed by atoms with E-state index in [0.29, 0.717) is 6.54 Å². The van der Waals surface area contributed by atoms with Crippen LogP contribution in [0.3, 0.4) is 0 Å². The highest BCUT2D eigenvalue weighted by atomic mass is 19.1. The lowest BCUT2D eigenvalue weighted by molar-refractivity contribution is -0.116. The number of halogens is 1. The van der Waals surface area contributed by atoms with Crippen molar-refractivity contribution in [1.29, 1.82) is 0 Å². The smallest absolute Gasteiger partial charge is 0.244 e. The van der Waals surface area contributed by atoms with Crippen LogP contribution in [0.2, 0.25) is 0 Å². The summed E-state index contributed by atoms with van der Waals surface area (Å²) in [6.45, 7) is 0.422. The third kappa shape index (κ3) is 4.85. The van der Waals surface area contributed by atoms with E-state index in [-0.39, 0.29) is 18.3 Å². The second-order valence-corrected chi connectivity index (χ2v) is 4.58. The Morgan fingerprint density at radius 3 is 2.29 bits per heavy atom. The molecule has 3 nitrogen and oxygen atoms in total. The molecule has 0 saturated carbocycles. The summed E-state index contributed by atoms with van der Waals surface area (Å²) in [6.07, 6.45) is 3.04. The van der Waals surface area contributed by atoms with Gasteiger partial charge in [0.15, 0.2) is 0 Å². The van der Waals surface area contributed by atoms with E-state index in [1.807, 2.05) is 24.3 Å². The molecule has 0 saturated heterocycles. The molecule has 0 aliphatic rings. The first-order chi connectivity index (χ1) is 10.2. The van der Waals surface area contributed by atoms with Gasteiger partial charge < -0.3 is 10.4 Å². The quantitative estimate of drug-likeness (QED) is 0.830. The molecule has 2 N–H and O–H groups in total. The van der Waals surface area contributed by atoms with Crippen LogP contribution in [0, 0.1) is 5.82 Å². The van der Waals surface area contributed by atoms with Crippen molar-refractivity contribution in [3.8, 4) is 0 Å². The van der Waals surface area contributed by atoms with Crippen molar-refractivity contribution in [2.24, 2.45) is 0 Å². The predicted octanol–water partition coefficient (Wildman–Crippen LogP) is 2.65. The number of carbonyl (C=O) groups is 1. The monoisotopic (exact) mass is 285 g/mol. The van der Waals surface area contributed by atoms with Crippen molar-refractivity contribution in [2.75, 3.05) is 0 Å². The van der Waals surface area contributed by atoms with Crippen LogP contribution in [-0.4, -0.2) is 11.0 Å². The first kappa shape index (κ1) is 14.9. The molecule has 0 spiro atoms. The van der Waals surface area contributed by atoms with Gasteiger partial charge in [0.1, 0.15) is 5.82 Å². The van der Waals surface area contributed by atoms with Crippen molar-refractivity contribution < 1.29 is 14.3 Å². The standard InChI is InChI=1S/C17H16FNO2/c18-16-8-5-13(6-9-16)7-10-17(21)19-11-14-1-3-15(12-20)4-2-14/h1-10,20H,11-12H2,(H,19,21)/b10-7+. The van der Waals surface area contributed by atoms with Gasteiger partial charge in [0.2, 0.25) is 5.91 Å². The summed E-state index contributed by atoms with van der Waals surface area (Å²) >= 11 is 0. The predicted molar refractivity (Wildman–Crippen MR) is 79.6 cm³/mol. The van der Waals surface area contributed by atoms with E-state index in [0.717, 1.165) is 16.7 Å². The Bertz CT molecular complexity index is 618. The number of benzene rings is 2. The summed E-state index contributed by atoms with van der Waals surface area (Å²) in [7, 11) is 0. The first-order valence-corrected chi connectivity index (χ1v) is 6.57. The van der Waals surface area contributed by atoms with Gasteiger partial charge in [0.25, 0.3) is 0 Å². The minimum absolute atomic E-state index is 0.00699. The van der Waals surface area contributed by atoms with E-state index in [2.05, 4.69) is 5.32 Å². The van der Waals surface area contributed by atoms with Crippen LogP contribution in [0.5, 0.6) is 0 Å². The van der Waals surface area contributed by atoms with E-state index in [4.69, 9.17) is 5.11 Å². The Balaban J connectivity index is 1.85. The highest BCUT2D eigenvalue weighted by molar-refractivity contribution is 5.91. The number of hydrogen-bond donors (Lipinski definition) is 2. The number of rotatable bonds is 5. The average molecular weight is 285 g/mol. The Hall–Kier alpha value is -2.46. The minimum Gasteiger partial charge on any atom is -0.392 e. The van der Waals surface area contributed by atoms with Crippen LogP contribution in [0.25, 0.3) is 6.08 Å². The number of carbonyl (C=O) groups excluding carboxylic acids is 1. The second-order valence-electron chi connectivity index (χ2n) is 4.58. The molecule has 1 amide bonds. The molecule has 4 heteroatoms.